The Balaban J connectivity index is 1.40. The van der Waals surface area contributed by atoms with E-state index in [1.54, 1.807) is 37.6 Å². The highest BCUT2D eigenvalue weighted by atomic mass is 16.6. The Hall–Kier alpha value is -4.79. The molecule has 3 heterocycles. The highest BCUT2D eigenvalue weighted by Crippen LogP contribution is 2.53. The summed E-state index contributed by atoms with van der Waals surface area (Å²) in [5.74, 6) is -2.01. The van der Waals surface area contributed by atoms with Crippen LogP contribution in [0.4, 0.5) is 5.69 Å². The van der Waals surface area contributed by atoms with E-state index in [-0.39, 0.29) is 29.5 Å². The lowest BCUT2D eigenvalue weighted by Gasteiger charge is -2.35. The third kappa shape index (κ3) is 3.58. The third-order valence-electron chi connectivity index (χ3n) is 7.68. The van der Waals surface area contributed by atoms with E-state index in [0.717, 1.165) is 16.7 Å². The number of hydrogen-bond donors (Lipinski definition) is 0. The lowest BCUT2D eigenvalue weighted by Crippen LogP contribution is -2.44. The number of carbonyl (C=O) groups excluding carboxylic acids is 3. The molecule has 0 bridgehead atoms. The summed E-state index contributed by atoms with van der Waals surface area (Å²) in [5.41, 5.74) is 2.71. The summed E-state index contributed by atoms with van der Waals surface area (Å²) >= 11 is 0. The molecule has 3 aliphatic rings. The second-order valence-corrected chi connectivity index (χ2v) is 9.61. The molecule has 9 heteroatoms. The van der Waals surface area contributed by atoms with E-state index in [4.69, 9.17) is 4.74 Å². The first-order valence-corrected chi connectivity index (χ1v) is 12.2. The first-order valence-electron chi connectivity index (χ1n) is 12.2. The number of Topliss-reactive ketones (excluding diaryl/α,β-unsaturated/α-hetero) is 1. The van der Waals surface area contributed by atoms with E-state index in [0.29, 0.717) is 5.75 Å². The Labute approximate surface area is 218 Å². The highest BCUT2D eigenvalue weighted by molar-refractivity contribution is 6.12. The smallest absolute Gasteiger partial charge is 0.269 e. The van der Waals surface area contributed by atoms with Gasteiger partial charge in [0.15, 0.2) is 5.78 Å². The van der Waals surface area contributed by atoms with Crippen LogP contribution in [0.1, 0.15) is 33.1 Å². The minimum Gasteiger partial charge on any atom is -0.497 e. The number of ether oxygens (including phenoxy) is 1. The van der Waals surface area contributed by atoms with Gasteiger partial charge in [0.05, 0.1) is 36.5 Å². The van der Waals surface area contributed by atoms with Gasteiger partial charge >= 0.3 is 0 Å². The fraction of sp³-hybridized carbons (Fsp3) is 0.207. The van der Waals surface area contributed by atoms with Crippen LogP contribution in [0, 0.1) is 22.0 Å². The molecule has 3 aromatic carbocycles. The van der Waals surface area contributed by atoms with Crippen LogP contribution >= 0.6 is 0 Å². The Morgan fingerprint density at radius 3 is 2.32 bits per heavy atom. The van der Waals surface area contributed by atoms with E-state index in [2.05, 4.69) is 0 Å². The minimum absolute atomic E-state index is 0.0946. The molecule has 9 nitrogen and oxygen atoms in total. The molecule has 38 heavy (non-hydrogen) atoms. The fourth-order valence-electron chi connectivity index (χ4n) is 5.91. The topological polar surface area (TPSA) is 110 Å². The number of nitro benzene ring substituents is 1. The molecule has 0 N–H and O–H groups in total. The van der Waals surface area contributed by atoms with E-state index < -0.39 is 34.7 Å². The second-order valence-electron chi connectivity index (χ2n) is 9.61. The van der Waals surface area contributed by atoms with Crippen LogP contribution in [0.15, 0.2) is 79.0 Å². The van der Waals surface area contributed by atoms with Gasteiger partial charge in [0.1, 0.15) is 11.8 Å². The predicted molar refractivity (Wildman–Crippen MR) is 137 cm³/mol. The number of likely N-dealkylation sites (tertiary alicyclic amines) is 1. The van der Waals surface area contributed by atoms with Crippen molar-refractivity contribution in [1.82, 2.24) is 9.80 Å². The summed E-state index contributed by atoms with van der Waals surface area (Å²) in [6.45, 7) is 0.0946. The van der Waals surface area contributed by atoms with Crippen molar-refractivity contribution in [3.05, 3.63) is 111 Å². The van der Waals surface area contributed by atoms with E-state index in [1.165, 1.54) is 29.2 Å². The van der Waals surface area contributed by atoms with Crippen molar-refractivity contribution in [2.75, 3.05) is 7.11 Å². The zero-order valence-electron chi connectivity index (χ0n) is 20.4. The average molecular weight is 510 g/mol. The lowest BCUT2D eigenvalue weighted by molar-refractivity contribution is -0.384. The summed E-state index contributed by atoms with van der Waals surface area (Å²) in [4.78, 5) is 55.2. The first kappa shape index (κ1) is 23.6. The largest absolute Gasteiger partial charge is 0.497 e. The van der Waals surface area contributed by atoms with Crippen molar-refractivity contribution in [3.63, 3.8) is 0 Å². The molecule has 190 valence electrons. The highest BCUT2D eigenvalue weighted by Gasteiger charge is 2.64. The summed E-state index contributed by atoms with van der Waals surface area (Å²) < 4.78 is 5.20. The number of methoxy groups -OCH3 is 1. The van der Waals surface area contributed by atoms with Crippen molar-refractivity contribution in [1.29, 1.82) is 0 Å². The van der Waals surface area contributed by atoms with Crippen LogP contribution < -0.4 is 4.74 Å². The number of benzene rings is 3. The van der Waals surface area contributed by atoms with Gasteiger partial charge in [-0.05, 0) is 47.0 Å². The van der Waals surface area contributed by atoms with Crippen molar-refractivity contribution in [2.24, 2.45) is 11.8 Å². The number of nitro groups is 1. The number of nitrogens with zero attached hydrogens (tertiary/aromatic N) is 3. The van der Waals surface area contributed by atoms with Crippen molar-refractivity contribution in [2.45, 2.75) is 18.6 Å². The molecule has 2 saturated heterocycles. The Morgan fingerprint density at radius 1 is 0.947 bits per heavy atom. The van der Waals surface area contributed by atoms with Crippen LogP contribution in [0.2, 0.25) is 0 Å². The fourth-order valence-corrected chi connectivity index (χ4v) is 5.91. The predicted octanol–water partition coefficient (Wildman–Crippen LogP) is 4.00. The number of fused-ring (bicyclic) bond motifs is 5. The summed E-state index contributed by atoms with van der Waals surface area (Å²) in [6, 6.07) is 18.8. The molecule has 3 aliphatic heterocycles. The van der Waals surface area contributed by atoms with E-state index in [9.17, 15) is 24.5 Å². The number of ketones is 1. The maximum atomic E-state index is 13.9. The number of non-ortho nitro benzene ring substituents is 1. The molecule has 4 atom stereocenters. The van der Waals surface area contributed by atoms with Crippen molar-refractivity contribution < 1.29 is 24.0 Å². The number of imide groups is 1. The van der Waals surface area contributed by atoms with Crippen LogP contribution in [0.3, 0.4) is 0 Å². The van der Waals surface area contributed by atoms with Gasteiger partial charge in [-0.1, -0.05) is 36.4 Å². The molecule has 1 unspecified atom stereocenters. The minimum atomic E-state index is -0.923. The lowest BCUT2D eigenvalue weighted by atomic mass is 9.83. The number of carbonyl (C=O) groups is 3. The molecular weight excluding hydrogens is 486 g/mol. The number of amides is 2. The molecule has 2 amide bonds. The second kappa shape index (κ2) is 8.95. The standard InChI is InChI=1S/C29H23N3O6/c1-38-21-12-6-17(7-13-21)16-31-28(34)23-24(29(31)35)26(27(33)19-8-10-20(11-9-19)32(36)37)30-15-14-18-4-2-3-5-22(18)25(23)30/h2-15,23-26H,16H2,1H3/t23-,24+,25?,26-/m0/s1. The maximum absolute atomic E-state index is 13.9. The van der Waals surface area contributed by atoms with Gasteiger partial charge in [-0.25, -0.2) is 0 Å². The van der Waals surface area contributed by atoms with E-state index >= 15 is 0 Å². The Morgan fingerprint density at radius 2 is 1.63 bits per heavy atom. The molecule has 0 aromatic heterocycles. The zero-order valence-corrected chi connectivity index (χ0v) is 20.4. The Kier molecular flexibility index (Phi) is 5.56. The molecular formula is C29H23N3O6. The molecule has 2 fully saturated rings. The normalized spacial score (nSPS) is 23.2. The zero-order chi connectivity index (χ0) is 26.6. The van der Waals surface area contributed by atoms with Gasteiger partial charge < -0.3 is 9.64 Å². The van der Waals surface area contributed by atoms with Gasteiger partial charge in [0.2, 0.25) is 11.8 Å². The van der Waals surface area contributed by atoms with E-state index in [1.807, 2.05) is 35.2 Å². The van der Waals surface area contributed by atoms with Gasteiger partial charge in [-0.15, -0.1) is 0 Å². The monoisotopic (exact) mass is 509 g/mol. The average Bonchev–Trinajstić information content (AvgIpc) is 3.41. The van der Waals surface area contributed by atoms with Crippen LogP contribution in [-0.4, -0.2) is 45.5 Å². The van der Waals surface area contributed by atoms with Gasteiger partial charge in [-0.2, -0.15) is 0 Å². The van der Waals surface area contributed by atoms with Crippen molar-refractivity contribution >= 4 is 29.4 Å². The molecule has 0 aliphatic carbocycles. The third-order valence-corrected chi connectivity index (χ3v) is 7.68. The molecule has 0 radical (unpaired) electrons. The quantitative estimate of drug-likeness (QED) is 0.214. The maximum Gasteiger partial charge on any atom is 0.269 e. The molecule has 3 aromatic rings. The number of hydrogen-bond acceptors (Lipinski definition) is 7. The Bertz CT molecular complexity index is 1500. The SMILES string of the molecule is COc1ccc(CN2C(=O)[C@@H]3[C@H](C2=O)C2c4ccccc4C=CN2[C@@H]3C(=O)c2ccc([N+](=O)[O-])cc2)cc1. The molecule has 0 spiro atoms. The summed E-state index contributed by atoms with van der Waals surface area (Å²) in [7, 11) is 1.56. The van der Waals surface area contributed by atoms with Crippen LogP contribution in [0.5, 0.6) is 5.75 Å². The van der Waals surface area contributed by atoms with Crippen LogP contribution in [-0.2, 0) is 16.1 Å². The van der Waals surface area contributed by atoms with Crippen molar-refractivity contribution in [3.8, 4) is 5.75 Å². The molecule has 6 rings (SSSR count). The van der Waals surface area contributed by atoms with Gasteiger partial charge in [-0.3, -0.25) is 29.4 Å². The summed E-state index contributed by atoms with van der Waals surface area (Å²) in [5, 5.41) is 11.1. The number of rotatable bonds is 6. The van der Waals surface area contributed by atoms with Crippen LogP contribution in [0.25, 0.3) is 6.08 Å². The van der Waals surface area contributed by atoms with Gasteiger partial charge in [0.25, 0.3) is 5.69 Å². The summed E-state index contributed by atoms with van der Waals surface area (Å²) in [6.07, 6.45) is 3.67. The first-order chi connectivity index (χ1) is 18.4. The van der Waals surface area contributed by atoms with Gasteiger partial charge in [0, 0.05) is 23.9 Å². The molecule has 0 saturated carbocycles.